The van der Waals surface area contributed by atoms with Gasteiger partial charge in [0.2, 0.25) is 5.95 Å². The van der Waals surface area contributed by atoms with E-state index in [-0.39, 0.29) is 5.41 Å². The first kappa shape index (κ1) is 24.0. The predicted octanol–water partition coefficient (Wildman–Crippen LogP) is 5.35. The molecule has 0 spiro atoms. The van der Waals surface area contributed by atoms with Crippen LogP contribution in [0.4, 0.5) is 11.8 Å². The molecule has 1 N–H and O–H groups in total. The fraction of sp³-hybridized carbons (Fsp3) is 0.538. The highest BCUT2D eigenvalue weighted by atomic mass is 15.3. The fourth-order valence-corrected chi connectivity index (χ4v) is 4.09. The summed E-state index contributed by atoms with van der Waals surface area (Å²) >= 11 is 0. The largest absolute Gasteiger partial charge is 0.344 e. The molecular formula is C26H38N8. The molecule has 3 aromatic rings. The van der Waals surface area contributed by atoms with Gasteiger partial charge >= 0.3 is 0 Å². The quantitative estimate of drug-likeness (QED) is 0.387. The molecule has 182 valence electrons. The Morgan fingerprint density at radius 3 is 2.68 bits per heavy atom. The normalized spacial score (nSPS) is 16.1. The number of hydrogen-bond acceptors (Lipinski definition) is 6. The maximum absolute atomic E-state index is 4.99. The molecule has 0 amide bonds. The van der Waals surface area contributed by atoms with Crippen molar-refractivity contribution in [1.82, 2.24) is 29.1 Å². The number of hydrogen-bond donors (Lipinski definition) is 1. The van der Waals surface area contributed by atoms with Crippen LogP contribution >= 0.6 is 0 Å². The highest BCUT2D eigenvalue weighted by molar-refractivity contribution is 5.85. The Morgan fingerprint density at radius 2 is 2.06 bits per heavy atom. The summed E-state index contributed by atoms with van der Waals surface area (Å²) in [7, 11) is 4.04. The third-order valence-electron chi connectivity index (χ3n) is 7.09. The van der Waals surface area contributed by atoms with Crippen molar-refractivity contribution in [3.8, 4) is 0 Å². The van der Waals surface area contributed by atoms with Crippen molar-refractivity contribution >= 4 is 22.9 Å². The lowest BCUT2D eigenvalue weighted by Gasteiger charge is -2.23. The molecule has 1 atom stereocenters. The van der Waals surface area contributed by atoms with Crippen LogP contribution in [-0.2, 0) is 7.05 Å². The SMILES string of the molecule is C=C(/C=C(/Nc1nc(N(C)CCC(CC)n2ccnc2)nc2ncn(C)c12)C1(C)CC1)C(C)C. The number of rotatable bonds is 11. The van der Waals surface area contributed by atoms with Gasteiger partial charge in [-0.25, -0.2) is 9.97 Å². The molecule has 4 rings (SSSR count). The van der Waals surface area contributed by atoms with Gasteiger partial charge in [-0.3, -0.25) is 0 Å². The van der Waals surface area contributed by atoms with Crippen molar-refractivity contribution in [2.45, 2.75) is 59.4 Å². The average Bonchev–Trinajstić information content (AvgIpc) is 3.18. The Labute approximate surface area is 202 Å². The smallest absolute Gasteiger partial charge is 0.229 e. The second kappa shape index (κ2) is 9.60. The maximum atomic E-state index is 4.99. The lowest BCUT2D eigenvalue weighted by molar-refractivity contribution is 0.453. The van der Waals surface area contributed by atoms with E-state index in [1.165, 1.54) is 5.70 Å². The Bertz CT molecular complexity index is 1170. The summed E-state index contributed by atoms with van der Waals surface area (Å²) in [6, 6.07) is 0.396. The second-order valence-electron chi connectivity index (χ2n) is 10.2. The zero-order valence-corrected chi connectivity index (χ0v) is 21.4. The first-order valence-corrected chi connectivity index (χ1v) is 12.3. The summed E-state index contributed by atoms with van der Waals surface area (Å²) < 4.78 is 4.16. The van der Waals surface area contributed by atoms with Crippen LogP contribution < -0.4 is 10.2 Å². The van der Waals surface area contributed by atoms with Crippen molar-refractivity contribution < 1.29 is 0 Å². The fourth-order valence-electron chi connectivity index (χ4n) is 4.09. The van der Waals surface area contributed by atoms with Crippen molar-refractivity contribution in [2.75, 3.05) is 23.8 Å². The van der Waals surface area contributed by atoms with Gasteiger partial charge in [0.05, 0.1) is 12.7 Å². The number of aryl methyl sites for hydroxylation is 1. The van der Waals surface area contributed by atoms with Gasteiger partial charge in [-0.2, -0.15) is 9.97 Å². The minimum Gasteiger partial charge on any atom is -0.344 e. The third-order valence-corrected chi connectivity index (χ3v) is 7.09. The molecular weight excluding hydrogens is 424 g/mol. The van der Waals surface area contributed by atoms with Gasteiger partial charge < -0.3 is 19.4 Å². The van der Waals surface area contributed by atoms with E-state index in [0.717, 1.165) is 49.1 Å². The highest BCUT2D eigenvalue weighted by Crippen LogP contribution is 2.51. The number of nitrogens with one attached hydrogen (secondary N) is 1. The van der Waals surface area contributed by atoms with E-state index in [1.807, 2.05) is 37.4 Å². The summed E-state index contributed by atoms with van der Waals surface area (Å²) in [5, 5.41) is 3.68. The molecule has 1 unspecified atom stereocenters. The van der Waals surface area contributed by atoms with E-state index < -0.39 is 0 Å². The number of imidazole rings is 2. The van der Waals surface area contributed by atoms with E-state index in [2.05, 4.69) is 65.1 Å². The molecule has 1 aliphatic carbocycles. The van der Waals surface area contributed by atoms with Gasteiger partial charge in [0.15, 0.2) is 11.5 Å². The van der Waals surface area contributed by atoms with Gasteiger partial charge in [-0.1, -0.05) is 39.8 Å². The van der Waals surface area contributed by atoms with Crippen molar-refractivity contribution in [3.05, 3.63) is 49.0 Å². The monoisotopic (exact) mass is 462 g/mol. The van der Waals surface area contributed by atoms with Crippen molar-refractivity contribution in [3.63, 3.8) is 0 Å². The summed E-state index contributed by atoms with van der Waals surface area (Å²) in [6.07, 6.45) is 14.1. The van der Waals surface area contributed by atoms with Gasteiger partial charge in [0.25, 0.3) is 0 Å². The summed E-state index contributed by atoms with van der Waals surface area (Å²) in [4.78, 5) is 20.6. The lowest BCUT2D eigenvalue weighted by Crippen LogP contribution is -2.24. The third kappa shape index (κ3) is 5.00. The van der Waals surface area contributed by atoms with Crippen LogP contribution in [0.5, 0.6) is 0 Å². The van der Waals surface area contributed by atoms with Gasteiger partial charge in [-0.15, -0.1) is 0 Å². The van der Waals surface area contributed by atoms with Crippen molar-refractivity contribution in [2.24, 2.45) is 18.4 Å². The molecule has 1 fully saturated rings. The van der Waals surface area contributed by atoms with E-state index in [1.54, 1.807) is 6.33 Å². The van der Waals surface area contributed by atoms with E-state index in [0.29, 0.717) is 23.6 Å². The highest BCUT2D eigenvalue weighted by Gasteiger charge is 2.41. The Balaban J connectivity index is 1.62. The van der Waals surface area contributed by atoms with E-state index in [4.69, 9.17) is 9.97 Å². The molecule has 3 heterocycles. The zero-order chi connectivity index (χ0) is 24.5. The molecule has 0 aliphatic heterocycles. The molecule has 3 aromatic heterocycles. The molecule has 0 saturated heterocycles. The molecule has 8 heteroatoms. The van der Waals surface area contributed by atoms with Crippen LogP contribution in [0.15, 0.2) is 49.0 Å². The van der Waals surface area contributed by atoms with Crippen LogP contribution in [0.3, 0.4) is 0 Å². The minimum atomic E-state index is 0.138. The van der Waals surface area contributed by atoms with Crippen LogP contribution in [0.2, 0.25) is 0 Å². The number of anilines is 2. The van der Waals surface area contributed by atoms with Crippen LogP contribution in [0.1, 0.15) is 59.4 Å². The average molecular weight is 463 g/mol. The summed E-state index contributed by atoms with van der Waals surface area (Å²) in [5.74, 6) is 1.87. The maximum Gasteiger partial charge on any atom is 0.229 e. The van der Waals surface area contributed by atoms with Crippen LogP contribution in [-0.4, -0.2) is 42.7 Å². The minimum absolute atomic E-state index is 0.138. The molecule has 1 aliphatic rings. The van der Waals surface area contributed by atoms with Gasteiger partial charge in [0.1, 0.15) is 5.52 Å². The Kier molecular flexibility index (Phi) is 6.77. The lowest BCUT2D eigenvalue weighted by atomic mass is 9.98. The van der Waals surface area contributed by atoms with E-state index >= 15 is 0 Å². The first-order valence-electron chi connectivity index (χ1n) is 12.3. The number of fused-ring (bicyclic) bond motifs is 1. The Morgan fingerprint density at radius 1 is 1.29 bits per heavy atom. The molecule has 0 aromatic carbocycles. The number of nitrogens with zero attached hydrogens (tertiary/aromatic N) is 7. The zero-order valence-electron chi connectivity index (χ0n) is 21.4. The van der Waals surface area contributed by atoms with E-state index in [9.17, 15) is 0 Å². The molecule has 0 radical (unpaired) electrons. The van der Waals surface area contributed by atoms with Crippen LogP contribution in [0, 0.1) is 11.3 Å². The topological polar surface area (TPSA) is 76.7 Å². The number of allylic oxidation sites excluding steroid dienone is 3. The standard InChI is InChI=1S/C26H38N8/c1-8-20(34-14-12-27-16-34)9-13-32(6)25-30-23-22(33(7)17-28-23)24(31-25)29-21(26(5)10-11-26)15-19(4)18(2)3/h12,14-18,20H,4,8-11,13H2,1-3,5-7H3,(H,29,30,31)/b21-15+. The van der Waals surface area contributed by atoms with Crippen LogP contribution in [0.25, 0.3) is 11.2 Å². The van der Waals surface area contributed by atoms with Crippen molar-refractivity contribution in [1.29, 1.82) is 0 Å². The number of aromatic nitrogens is 6. The molecule has 0 bridgehead atoms. The summed E-state index contributed by atoms with van der Waals surface area (Å²) in [6.45, 7) is 14.0. The first-order chi connectivity index (χ1) is 16.2. The Hall–Kier alpha value is -3.16. The van der Waals surface area contributed by atoms with Gasteiger partial charge in [-0.05, 0) is 37.7 Å². The molecule has 34 heavy (non-hydrogen) atoms. The molecule has 8 nitrogen and oxygen atoms in total. The summed E-state index contributed by atoms with van der Waals surface area (Å²) in [5.41, 5.74) is 4.04. The molecule has 1 saturated carbocycles. The predicted molar refractivity (Wildman–Crippen MR) is 139 cm³/mol. The van der Waals surface area contributed by atoms with Gasteiger partial charge in [0, 0.05) is 50.2 Å². The second-order valence-corrected chi connectivity index (χ2v) is 10.2.